The lowest BCUT2D eigenvalue weighted by Gasteiger charge is -2.60. The number of benzene rings is 3. The number of fused-ring (bicyclic) bond motifs is 3. The number of thiophene rings is 3. The fourth-order valence-corrected chi connectivity index (χ4v) is 26.7. The number of aryl methyl sites for hydroxylation is 3. The van der Waals surface area contributed by atoms with E-state index in [1.165, 1.54) is 213 Å². The van der Waals surface area contributed by atoms with E-state index in [-0.39, 0.29) is 64.4 Å². The summed E-state index contributed by atoms with van der Waals surface area (Å²) in [5.41, 5.74) is -32.0. The number of carbonyl (C=O) groups is 3. The van der Waals surface area contributed by atoms with Gasteiger partial charge in [-0.2, -0.15) is 54.5 Å². The SMILES string of the molecule is Cn1c(=O)c2c(CC(=O)N=c3scc(-c4ccc(C(F)(F)F)c(F)c4)n3C(OP(=O)(OC(n3c(-c4ccc(C(F)(F)F)c(F)c4)csc3=NC(=O)Cc3csc4c3c(=O)n(C)c(=O)n4C)(C(C)(C)C)C(C)(C)C)OC(n3c(-c4ccc(C(F)(F)F)c(F)c4)csc3=NC(=O)Cc3csc4c3c(=O)n(C)c(=O)n4C)(C(C)(C)C)C(C)(C)C)(C(C)(C)C)C(C)(C)C)csc2n(C)c1=O. The van der Waals surface area contributed by atoms with Crippen LogP contribution >= 0.6 is 75.8 Å². The average Bonchev–Trinajstić information content (AvgIpc) is 1.66. The summed E-state index contributed by atoms with van der Waals surface area (Å²) in [5, 5.41) is 7.87. The van der Waals surface area contributed by atoms with Crippen molar-refractivity contribution in [2.24, 2.45) is 89.8 Å². The van der Waals surface area contributed by atoms with Gasteiger partial charge in [0, 0.05) is 108 Å². The van der Waals surface area contributed by atoms with Crippen LogP contribution in [-0.2, 0) is 130 Å². The fourth-order valence-electron chi connectivity index (χ4n) is 17.9. The molecular weight excluding hydrogens is 1870 g/mol. The molecule has 25 nitrogen and oxygen atoms in total. The topological polar surface area (TPSA) is 280 Å². The first-order chi connectivity index (χ1) is 59.9. The molecule has 0 bridgehead atoms. The summed E-state index contributed by atoms with van der Waals surface area (Å²) in [7, 11) is 1.05. The summed E-state index contributed by atoms with van der Waals surface area (Å²) in [6, 6.07) is 5.48. The zero-order chi connectivity index (χ0) is 98.0. The molecule has 0 unspecified atom stereocenters. The molecule has 12 rings (SSSR count). The van der Waals surface area contributed by atoms with Crippen molar-refractivity contribution in [1.29, 1.82) is 0 Å². The molecule has 44 heteroatoms. The number of carbonyl (C=O) groups excluding carboxylic acids is 3. The molecule has 0 radical (unpaired) electrons. The minimum absolute atomic E-state index is 0.0527. The summed E-state index contributed by atoms with van der Waals surface area (Å²) in [4.78, 5) is 142. The number of phosphoric ester groups is 1. The van der Waals surface area contributed by atoms with Crippen LogP contribution in [0.2, 0.25) is 0 Å². The molecule has 0 aliphatic rings. The van der Waals surface area contributed by atoms with E-state index in [2.05, 4.69) is 0 Å². The molecule has 0 fully saturated rings. The Morgan fingerprint density at radius 1 is 0.336 bits per heavy atom. The Balaban J connectivity index is 1.28. The van der Waals surface area contributed by atoms with Crippen molar-refractivity contribution in [3.8, 4) is 33.8 Å². The molecule has 0 saturated heterocycles. The highest BCUT2D eigenvalue weighted by molar-refractivity contribution is 7.48. The maximum atomic E-state index is 20.0. The highest BCUT2D eigenvalue weighted by Crippen LogP contribution is 2.73. The molecule has 704 valence electrons. The largest absolute Gasteiger partial charge is 0.481 e. The third kappa shape index (κ3) is 17.3. The van der Waals surface area contributed by atoms with Gasteiger partial charge in [-0.3, -0.25) is 83.4 Å². The molecule has 3 amide bonds. The van der Waals surface area contributed by atoms with E-state index in [1.807, 2.05) is 0 Å². The van der Waals surface area contributed by atoms with E-state index in [0.29, 0.717) is 70.4 Å². The second-order valence-corrected chi connectivity index (χ2v) is 44.5. The van der Waals surface area contributed by atoms with Crippen molar-refractivity contribution in [3.63, 3.8) is 0 Å². The standard InChI is InChI=1S/C87H93F12N12O13PS6/c1-76(2,3)85(77(4,5)6,109-55(43-25-28-49(52(88)31-43)82(91,92)93)40-129-70(109)100-58(112)34-46-37-126-67-61(46)64(115)103(19)73(118)106(67)22)122-125(121,123-86(78(7,8)9,79(10,11)12)110-56(44-26-29-50(53(89)32-44)83(94,95)96)41-130-71(110)101-59(113)35-47-38-127-68-62(47)65(116)104(20)74(119)107(68)23)124-87(80(13,14)15,81(16,17)18)111-57(45-27-30-51(54(90)33-45)84(97,98)99)42-131-72(111)102-60(114)36-48-39-128-69-63(48)66(117)105(21)75(120)108(69)24/h25-33,37-42H,34-36H2,1-24H3. The van der Waals surface area contributed by atoms with Gasteiger partial charge in [-0.25, -0.2) is 32.1 Å². The van der Waals surface area contributed by atoms with E-state index < -0.39 is 212 Å². The monoisotopic (exact) mass is 1960 g/mol. The molecule has 0 spiro atoms. The van der Waals surface area contributed by atoms with Gasteiger partial charge >= 0.3 is 43.4 Å². The molecule has 0 atom stereocenters. The first kappa shape index (κ1) is 100. The fraction of sp³-hybridized carbons (Fsp3) is 0.448. The summed E-state index contributed by atoms with van der Waals surface area (Å²) < 4.78 is 239. The third-order valence-corrected chi connectivity index (χ3v) is 30.3. The van der Waals surface area contributed by atoms with Gasteiger partial charge in [-0.1, -0.05) is 143 Å². The van der Waals surface area contributed by atoms with Gasteiger partial charge in [0.2, 0.25) is 0 Å². The number of phosphoric acid groups is 1. The van der Waals surface area contributed by atoms with Gasteiger partial charge in [-0.05, 0) is 69.2 Å². The Labute approximate surface area is 763 Å². The minimum atomic E-state index is -6.77. The van der Waals surface area contributed by atoms with Crippen molar-refractivity contribution < 1.29 is 85.2 Å². The molecule has 3 aromatic carbocycles. The van der Waals surface area contributed by atoms with Crippen LogP contribution in [0.4, 0.5) is 52.7 Å². The zero-order valence-corrected chi connectivity index (χ0v) is 81.2. The van der Waals surface area contributed by atoms with E-state index in [0.717, 1.165) is 79.6 Å². The van der Waals surface area contributed by atoms with Crippen molar-refractivity contribution in [3.05, 3.63) is 215 Å². The maximum Gasteiger partial charge on any atom is 0.481 e. The molecule has 9 heterocycles. The lowest BCUT2D eigenvalue weighted by molar-refractivity contribution is -0.261. The van der Waals surface area contributed by atoms with Crippen LogP contribution in [-0.4, -0.2) is 58.8 Å². The predicted octanol–water partition coefficient (Wildman–Crippen LogP) is 18.4. The van der Waals surface area contributed by atoms with Gasteiger partial charge in [0.1, 0.15) is 31.9 Å². The number of alkyl halides is 9. The number of rotatable bonds is 18. The van der Waals surface area contributed by atoms with Crippen LogP contribution in [0.3, 0.4) is 0 Å². The summed E-state index contributed by atoms with van der Waals surface area (Å²) in [6.45, 7) is 27.1. The zero-order valence-electron chi connectivity index (χ0n) is 75.4. The predicted molar refractivity (Wildman–Crippen MR) is 479 cm³/mol. The number of nitrogens with zero attached hydrogens (tertiary/aromatic N) is 12. The van der Waals surface area contributed by atoms with Crippen LogP contribution in [0.15, 0.2) is 131 Å². The normalized spacial score (nSPS) is 14.5. The molecule has 0 saturated carbocycles. The van der Waals surface area contributed by atoms with Gasteiger partial charge in [0.15, 0.2) is 31.6 Å². The Morgan fingerprint density at radius 2 is 0.550 bits per heavy atom. The van der Waals surface area contributed by atoms with Crippen molar-refractivity contribution >= 4 is 124 Å². The molecule has 12 aromatic rings. The first-order valence-corrected chi connectivity index (χ1v) is 46.9. The van der Waals surface area contributed by atoms with Gasteiger partial charge in [0.05, 0.1) is 69.2 Å². The highest BCUT2D eigenvalue weighted by Gasteiger charge is 2.69. The number of halogens is 12. The van der Waals surface area contributed by atoms with E-state index in [4.69, 9.17) is 28.5 Å². The van der Waals surface area contributed by atoms with Crippen LogP contribution in [0, 0.1) is 49.9 Å². The van der Waals surface area contributed by atoms with Crippen LogP contribution in [0.25, 0.3) is 64.4 Å². The first-order valence-electron chi connectivity index (χ1n) is 40.1. The lowest BCUT2D eigenvalue weighted by atomic mass is 9.68. The van der Waals surface area contributed by atoms with Gasteiger partial charge < -0.3 is 0 Å². The summed E-state index contributed by atoms with van der Waals surface area (Å²) in [5.74, 6) is -8.76. The highest BCUT2D eigenvalue weighted by atomic mass is 32.1. The van der Waals surface area contributed by atoms with Gasteiger partial charge in [-0.15, -0.1) is 68.0 Å². The van der Waals surface area contributed by atoms with Crippen molar-refractivity contribution in [2.45, 2.75) is 180 Å². The summed E-state index contributed by atoms with van der Waals surface area (Å²) >= 11 is 4.62. The number of amides is 3. The van der Waals surface area contributed by atoms with E-state index >= 15 is 32.1 Å². The van der Waals surface area contributed by atoms with Gasteiger partial charge in [0.25, 0.3) is 34.4 Å². The maximum absolute atomic E-state index is 20.0. The third-order valence-electron chi connectivity index (χ3n) is 23.0. The second kappa shape index (κ2) is 33.9. The number of hydrogen-bond acceptors (Lipinski definition) is 19. The van der Waals surface area contributed by atoms with Crippen LogP contribution in [0.5, 0.6) is 0 Å². The molecule has 0 aliphatic heterocycles. The smallest absolute Gasteiger partial charge is 0.287 e. The Morgan fingerprint density at radius 3 is 0.740 bits per heavy atom. The number of thiazole rings is 3. The molecule has 9 aromatic heterocycles. The summed E-state index contributed by atoms with van der Waals surface area (Å²) in [6.07, 6.45) is -18.2. The molecule has 131 heavy (non-hydrogen) atoms. The number of hydrogen-bond donors (Lipinski definition) is 0. The van der Waals surface area contributed by atoms with Crippen molar-refractivity contribution in [1.82, 2.24) is 41.1 Å². The second-order valence-electron chi connectivity index (χ2n) is 37.9. The molecule has 0 aliphatic carbocycles. The van der Waals surface area contributed by atoms with E-state index in [1.54, 1.807) is 0 Å². The van der Waals surface area contributed by atoms with Crippen LogP contribution < -0.4 is 48.2 Å². The van der Waals surface area contributed by atoms with E-state index in [9.17, 15) is 68.3 Å². The van der Waals surface area contributed by atoms with Crippen molar-refractivity contribution in [2.75, 3.05) is 0 Å². The minimum Gasteiger partial charge on any atom is -0.287 e. The Hall–Kier alpha value is -9.85. The number of aromatic nitrogens is 9. The lowest BCUT2D eigenvalue weighted by Crippen LogP contribution is -2.63. The Kier molecular flexibility index (Phi) is 26.0. The molecular formula is C87H93F12N12O13PS6. The van der Waals surface area contributed by atoms with Crippen LogP contribution in [0.1, 0.15) is 158 Å². The molecule has 0 N–H and O–H groups in total. The quantitative estimate of drug-likeness (QED) is 0.0571. The Bertz CT molecular complexity index is 6660. The average molecular weight is 1970 g/mol.